The first-order valence-electron chi connectivity index (χ1n) is 7.04. The van der Waals surface area contributed by atoms with E-state index in [1.54, 1.807) is 0 Å². The maximum Gasteiger partial charge on any atom is 0.0747 e. The minimum Gasteiger partial charge on any atom is -0.131 e. The third kappa shape index (κ3) is 3.58. The molecule has 18 heavy (non-hydrogen) atoms. The molecule has 1 saturated carbocycles. The van der Waals surface area contributed by atoms with Crippen molar-refractivity contribution in [3.8, 4) is 0 Å². The molecule has 0 nitrogen and oxygen atoms in total. The fourth-order valence-electron chi connectivity index (χ4n) is 3.09. The third-order valence-corrected chi connectivity index (χ3v) is 4.67. The first kappa shape index (κ1) is 14.1. The summed E-state index contributed by atoms with van der Waals surface area (Å²) in [6.45, 7) is 2.30. The van der Waals surface area contributed by atoms with E-state index in [4.69, 9.17) is 12.2 Å². The van der Waals surface area contributed by atoms with Gasteiger partial charge < -0.3 is 0 Å². The van der Waals surface area contributed by atoms with Crippen LogP contribution in [0.15, 0.2) is 24.3 Å². The van der Waals surface area contributed by atoms with Crippen LogP contribution in [0.4, 0.5) is 0 Å². The quantitative estimate of drug-likeness (QED) is 0.571. The Morgan fingerprint density at radius 3 is 2.28 bits per heavy atom. The summed E-state index contributed by atoms with van der Waals surface area (Å²) in [4.78, 5) is 0. The molecule has 0 atom stereocenters. The summed E-state index contributed by atoms with van der Waals surface area (Å²) in [6, 6.07) is 8.71. The average molecular weight is 278 g/mol. The molecule has 1 fully saturated rings. The molecule has 0 unspecified atom stereocenters. The molecule has 0 amide bonds. The van der Waals surface area contributed by atoms with Gasteiger partial charge in [-0.3, -0.25) is 0 Å². The smallest absolute Gasteiger partial charge is 0.0747 e. The van der Waals surface area contributed by atoms with Crippen LogP contribution in [-0.2, 0) is 0 Å². The lowest BCUT2D eigenvalue weighted by Crippen LogP contribution is -2.13. The highest BCUT2D eigenvalue weighted by Crippen LogP contribution is 2.37. The van der Waals surface area contributed by atoms with Crippen LogP contribution in [-0.4, -0.2) is 4.20 Å². The van der Waals surface area contributed by atoms with Crippen LogP contribution in [0.3, 0.4) is 0 Å². The van der Waals surface area contributed by atoms with Crippen molar-refractivity contribution in [2.45, 2.75) is 51.4 Å². The molecular weight excluding hydrogens is 256 g/mol. The Morgan fingerprint density at radius 1 is 1.17 bits per heavy atom. The largest absolute Gasteiger partial charge is 0.131 e. The van der Waals surface area contributed by atoms with Crippen molar-refractivity contribution in [2.75, 3.05) is 0 Å². The lowest BCUT2D eigenvalue weighted by Gasteiger charge is -2.28. The van der Waals surface area contributed by atoms with Crippen molar-refractivity contribution in [3.63, 3.8) is 0 Å². The Balaban J connectivity index is 1.95. The highest BCUT2D eigenvalue weighted by molar-refractivity contribution is 8.11. The fourth-order valence-corrected chi connectivity index (χ4v) is 3.38. The average Bonchev–Trinajstić information content (AvgIpc) is 2.40. The topological polar surface area (TPSA) is 0 Å². The van der Waals surface area contributed by atoms with Gasteiger partial charge in [-0.15, -0.1) is 12.6 Å². The van der Waals surface area contributed by atoms with E-state index in [1.807, 2.05) is 0 Å². The van der Waals surface area contributed by atoms with E-state index in [9.17, 15) is 0 Å². The molecule has 1 aromatic carbocycles. The van der Waals surface area contributed by atoms with E-state index in [0.717, 1.165) is 17.4 Å². The van der Waals surface area contributed by atoms with Gasteiger partial charge >= 0.3 is 0 Å². The van der Waals surface area contributed by atoms with Gasteiger partial charge in [0.25, 0.3) is 0 Å². The fraction of sp³-hybridized carbons (Fsp3) is 0.562. The van der Waals surface area contributed by atoms with Crippen molar-refractivity contribution in [2.24, 2.45) is 5.92 Å². The molecule has 1 aliphatic rings. The van der Waals surface area contributed by atoms with E-state index >= 15 is 0 Å². The predicted octanol–water partition coefficient (Wildman–Crippen LogP) is 5.37. The zero-order valence-corrected chi connectivity index (χ0v) is 12.8. The molecular formula is C16H22S2. The Labute approximate surface area is 122 Å². The Bertz CT molecular complexity index is 386. The molecule has 0 saturated heterocycles. The number of rotatable bonds is 4. The molecule has 0 aliphatic heterocycles. The highest BCUT2D eigenvalue weighted by atomic mass is 32.1. The molecule has 1 aliphatic carbocycles. The number of thiocarbonyl (C=S) groups is 1. The summed E-state index contributed by atoms with van der Waals surface area (Å²) < 4.78 is 0.688. The molecule has 0 bridgehead atoms. The Morgan fingerprint density at radius 2 is 1.78 bits per heavy atom. The normalized spacial score (nSPS) is 23.9. The summed E-state index contributed by atoms with van der Waals surface area (Å²) in [6.07, 6.45) is 8.28. The summed E-state index contributed by atoms with van der Waals surface area (Å²) in [5, 5.41) is 0. The van der Waals surface area contributed by atoms with Crippen molar-refractivity contribution in [3.05, 3.63) is 35.4 Å². The van der Waals surface area contributed by atoms with Crippen molar-refractivity contribution < 1.29 is 0 Å². The van der Waals surface area contributed by atoms with Crippen LogP contribution in [0, 0.1) is 5.92 Å². The van der Waals surface area contributed by atoms with E-state index < -0.39 is 0 Å². The molecule has 1 aromatic rings. The van der Waals surface area contributed by atoms with E-state index in [0.29, 0.717) is 4.20 Å². The second kappa shape index (κ2) is 6.72. The maximum absolute atomic E-state index is 5.07. The first-order chi connectivity index (χ1) is 8.70. The van der Waals surface area contributed by atoms with Gasteiger partial charge in [0.05, 0.1) is 4.20 Å². The first-order valence-corrected chi connectivity index (χ1v) is 7.89. The Kier molecular flexibility index (Phi) is 5.25. The highest BCUT2D eigenvalue weighted by Gasteiger charge is 2.21. The monoisotopic (exact) mass is 278 g/mol. The SMILES string of the molecule is CCCC1CCC(c2ccc(C(=S)S)cc2)CC1. The molecule has 0 N–H and O–H groups in total. The van der Waals surface area contributed by atoms with Gasteiger partial charge in [-0.05, 0) is 48.6 Å². The summed E-state index contributed by atoms with van der Waals surface area (Å²) >= 11 is 9.29. The third-order valence-electron chi connectivity index (χ3n) is 4.17. The number of thiol groups is 1. The second-order valence-corrected chi connectivity index (χ2v) is 6.59. The van der Waals surface area contributed by atoms with E-state index in [1.165, 1.54) is 44.1 Å². The minimum atomic E-state index is 0.688. The van der Waals surface area contributed by atoms with Gasteiger partial charge in [0.1, 0.15) is 0 Å². The lowest BCUT2D eigenvalue weighted by molar-refractivity contribution is 0.308. The molecule has 0 radical (unpaired) electrons. The molecule has 0 spiro atoms. The summed E-state index contributed by atoms with van der Waals surface area (Å²) in [7, 11) is 0. The van der Waals surface area contributed by atoms with Crippen LogP contribution in [0.5, 0.6) is 0 Å². The molecule has 0 aromatic heterocycles. The lowest BCUT2D eigenvalue weighted by atomic mass is 9.77. The van der Waals surface area contributed by atoms with Crippen LogP contribution in [0.25, 0.3) is 0 Å². The predicted molar refractivity (Wildman–Crippen MR) is 86.7 cm³/mol. The van der Waals surface area contributed by atoms with Gasteiger partial charge in [-0.2, -0.15) is 0 Å². The van der Waals surface area contributed by atoms with E-state index in [2.05, 4.69) is 43.8 Å². The van der Waals surface area contributed by atoms with Gasteiger partial charge in [0.15, 0.2) is 0 Å². The van der Waals surface area contributed by atoms with Crippen LogP contribution >= 0.6 is 24.8 Å². The van der Waals surface area contributed by atoms with E-state index in [-0.39, 0.29) is 0 Å². The Hall–Kier alpha value is -0.340. The summed E-state index contributed by atoms with van der Waals surface area (Å²) in [5.41, 5.74) is 2.55. The van der Waals surface area contributed by atoms with Crippen LogP contribution < -0.4 is 0 Å². The second-order valence-electron chi connectivity index (χ2n) is 5.43. The minimum absolute atomic E-state index is 0.688. The van der Waals surface area contributed by atoms with Gasteiger partial charge in [-0.25, -0.2) is 0 Å². The van der Waals surface area contributed by atoms with Gasteiger partial charge in [-0.1, -0.05) is 56.2 Å². The van der Waals surface area contributed by atoms with Crippen molar-refractivity contribution in [1.82, 2.24) is 0 Å². The van der Waals surface area contributed by atoms with Crippen LogP contribution in [0.1, 0.15) is 62.5 Å². The molecule has 2 rings (SSSR count). The van der Waals surface area contributed by atoms with Crippen LogP contribution in [0.2, 0.25) is 0 Å². The number of benzene rings is 1. The standard InChI is InChI=1S/C16H22S2/c1-2-3-12-4-6-13(7-5-12)14-8-10-15(11-9-14)16(17)18/h8-13H,2-7H2,1H3,(H,17,18). The zero-order chi connectivity index (χ0) is 13.0. The molecule has 0 heterocycles. The molecule has 98 valence electrons. The van der Waals surface area contributed by atoms with Crippen molar-refractivity contribution >= 4 is 29.0 Å². The van der Waals surface area contributed by atoms with Crippen molar-refractivity contribution in [1.29, 1.82) is 0 Å². The maximum atomic E-state index is 5.07. The number of hydrogen-bond acceptors (Lipinski definition) is 1. The summed E-state index contributed by atoms with van der Waals surface area (Å²) in [5.74, 6) is 1.75. The number of hydrogen-bond donors (Lipinski definition) is 1. The molecule has 2 heteroatoms. The zero-order valence-electron chi connectivity index (χ0n) is 11.1. The van der Waals surface area contributed by atoms with Gasteiger partial charge in [0, 0.05) is 0 Å². The van der Waals surface area contributed by atoms with Gasteiger partial charge in [0.2, 0.25) is 0 Å².